The van der Waals surface area contributed by atoms with Crippen LogP contribution in [0.3, 0.4) is 0 Å². The van der Waals surface area contributed by atoms with Crippen molar-refractivity contribution >= 4 is 29.0 Å². The maximum Gasteiger partial charge on any atom is 0.293 e. The van der Waals surface area contributed by atoms with Gasteiger partial charge in [-0.05, 0) is 25.0 Å². The normalized spacial score (nSPS) is 17.3. The molecule has 0 spiro atoms. The first-order valence-corrected chi connectivity index (χ1v) is 11.1. The van der Waals surface area contributed by atoms with E-state index < -0.39 is 10.8 Å². The van der Waals surface area contributed by atoms with Gasteiger partial charge < -0.3 is 15.1 Å². The zero-order chi connectivity index (χ0) is 22.7. The molecule has 4 rings (SSSR count). The number of hydrogen-bond donors (Lipinski definition) is 1. The van der Waals surface area contributed by atoms with Gasteiger partial charge in [0.05, 0.1) is 17.2 Å². The third-order valence-corrected chi connectivity index (χ3v) is 6.33. The van der Waals surface area contributed by atoms with Crippen LogP contribution in [0.1, 0.15) is 55.4 Å². The Hall–Kier alpha value is -3.43. The van der Waals surface area contributed by atoms with Crippen molar-refractivity contribution in [3.05, 3.63) is 46.1 Å². The van der Waals surface area contributed by atoms with Gasteiger partial charge in [-0.2, -0.15) is 5.10 Å². The van der Waals surface area contributed by atoms with E-state index in [1.807, 2.05) is 9.58 Å². The smallest absolute Gasteiger partial charge is 0.293 e. The highest BCUT2D eigenvalue weighted by Crippen LogP contribution is 2.32. The van der Waals surface area contributed by atoms with Crippen molar-refractivity contribution < 1.29 is 14.5 Å². The van der Waals surface area contributed by atoms with E-state index >= 15 is 0 Å². The number of aromatic nitrogens is 2. The van der Waals surface area contributed by atoms with Crippen molar-refractivity contribution in [2.45, 2.75) is 45.1 Å². The van der Waals surface area contributed by atoms with E-state index in [0.29, 0.717) is 37.7 Å². The van der Waals surface area contributed by atoms with Crippen molar-refractivity contribution in [2.24, 2.45) is 0 Å². The molecule has 1 saturated heterocycles. The third-order valence-electron chi connectivity index (χ3n) is 6.33. The van der Waals surface area contributed by atoms with Crippen LogP contribution in [-0.4, -0.2) is 57.6 Å². The quantitative estimate of drug-likeness (QED) is 0.564. The minimum Gasteiger partial charge on any atom is -0.362 e. The first-order chi connectivity index (χ1) is 15.4. The molecule has 1 aliphatic heterocycles. The van der Waals surface area contributed by atoms with E-state index in [2.05, 4.69) is 10.4 Å². The summed E-state index contributed by atoms with van der Waals surface area (Å²) in [5.74, 6) is 0.200. The molecule has 32 heavy (non-hydrogen) atoms. The summed E-state index contributed by atoms with van der Waals surface area (Å²) < 4.78 is 1.86. The number of nitro benzene ring substituents is 1. The predicted molar refractivity (Wildman–Crippen MR) is 120 cm³/mol. The summed E-state index contributed by atoms with van der Waals surface area (Å²) in [7, 11) is 0. The average molecular weight is 441 g/mol. The summed E-state index contributed by atoms with van der Waals surface area (Å²) in [5.41, 5.74) is 0.566. The van der Waals surface area contributed by atoms with Gasteiger partial charge in [0.1, 0.15) is 11.5 Å². The lowest BCUT2D eigenvalue weighted by atomic mass is 9.96. The summed E-state index contributed by atoms with van der Waals surface area (Å²) in [5, 5.41) is 19.0. The number of carbonyl (C=O) groups excluding carboxylic acids is 2. The Bertz CT molecular complexity index is 1010. The van der Waals surface area contributed by atoms with Crippen LogP contribution in [0.2, 0.25) is 0 Å². The molecule has 2 heterocycles. The Labute approximate surface area is 186 Å². The Morgan fingerprint density at radius 2 is 1.81 bits per heavy atom. The molecule has 1 aliphatic carbocycles. The van der Waals surface area contributed by atoms with Gasteiger partial charge in [-0.1, -0.05) is 19.3 Å². The van der Waals surface area contributed by atoms with Crippen molar-refractivity contribution in [3.8, 4) is 0 Å². The van der Waals surface area contributed by atoms with Gasteiger partial charge in [0.15, 0.2) is 0 Å². The largest absolute Gasteiger partial charge is 0.362 e. The lowest BCUT2D eigenvalue weighted by molar-refractivity contribution is -0.384. The van der Waals surface area contributed by atoms with Crippen LogP contribution < -0.4 is 10.2 Å². The SMILES string of the molecule is CC(=O)N1CCN(c2ccc(C(=O)Nc3ccnn3C3CCCCC3)cc2[N+](=O)[O-])CC1. The molecule has 0 atom stereocenters. The van der Waals surface area contributed by atoms with Gasteiger partial charge in [-0.3, -0.25) is 19.7 Å². The molecule has 10 heteroatoms. The first kappa shape index (κ1) is 21.8. The van der Waals surface area contributed by atoms with E-state index in [4.69, 9.17) is 0 Å². The first-order valence-electron chi connectivity index (χ1n) is 11.1. The maximum atomic E-state index is 12.9. The molecule has 1 N–H and O–H groups in total. The van der Waals surface area contributed by atoms with Crippen molar-refractivity contribution in [2.75, 3.05) is 36.4 Å². The van der Waals surface area contributed by atoms with Crippen LogP contribution in [-0.2, 0) is 4.79 Å². The number of nitro groups is 1. The van der Waals surface area contributed by atoms with Crippen LogP contribution in [0, 0.1) is 10.1 Å². The molecule has 170 valence electrons. The van der Waals surface area contributed by atoms with Gasteiger partial charge in [0, 0.05) is 50.8 Å². The molecule has 1 saturated carbocycles. The fraction of sp³-hybridized carbons (Fsp3) is 0.500. The molecule has 0 unspecified atom stereocenters. The van der Waals surface area contributed by atoms with Gasteiger partial charge in [-0.15, -0.1) is 0 Å². The number of anilines is 2. The maximum absolute atomic E-state index is 12.9. The van der Waals surface area contributed by atoms with Crippen LogP contribution in [0.4, 0.5) is 17.2 Å². The van der Waals surface area contributed by atoms with Gasteiger partial charge in [0.2, 0.25) is 5.91 Å². The molecule has 1 aromatic carbocycles. The lowest BCUT2D eigenvalue weighted by Crippen LogP contribution is -2.48. The molecule has 0 radical (unpaired) electrons. The van der Waals surface area contributed by atoms with Crippen molar-refractivity contribution in [1.82, 2.24) is 14.7 Å². The minimum atomic E-state index is -0.463. The zero-order valence-electron chi connectivity index (χ0n) is 18.2. The lowest BCUT2D eigenvalue weighted by Gasteiger charge is -2.35. The monoisotopic (exact) mass is 440 g/mol. The number of piperazine rings is 1. The molecule has 2 fully saturated rings. The van der Waals surface area contributed by atoms with E-state index in [-0.39, 0.29) is 23.2 Å². The van der Waals surface area contributed by atoms with E-state index in [1.165, 1.54) is 19.4 Å². The number of nitrogens with one attached hydrogen (secondary N) is 1. The topological polar surface area (TPSA) is 114 Å². The molecule has 10 nitrogen and oxygen atoms in total. The summed E-state index contributed by atoms with van der Waals surface area (Å²) in [6.07, 6.45) is 7.23. The molecule has 1 aromatic heterocycles. The average Bonchev–Trinajstić information content (AvgIpc) is 3.27. The Kier molecular flexibility index (Phi) is 6.38. The second-order valence-electron chi connectivity index (χ2n) is 8.36. The summed E-state index contributed by atoms with van der Waals surface area (Å²) in [6.45, 7) is 3.56. The molecule has 2 aliphatic rings. The van der Waals surface area contributed by atoms with E-state index in [1.54, 1.807) is 29.3 Å². The van der Waals surface area contributed by atoms with E-state index in [9.17, 15) is 19.7 Å². The molecule has 2 amide bonds. The van der Waals surface area contributed by atoms with Gasteiger partial charge in [-0.25, -0.2) is 4.68 Å². The highest BCUT2D eigenvalue weighted by atomic mass is 16.6. The number of carbonyl (C=O) groups is 2. The molecule has 2 aromatic rings. The Balaban J connectivity index is 1.51. The number of benzene rings is 1. The highest BCUT2D eigenvalue weighted by Gasteiger charge is 2.26. The van der Waals surface area contributed by atoms with Crippen LogP contribution in [0.25, 0.3) is 0 Å². The second kappa shape index (κ2) is 9.37. The standard InChI is InChI=1S/C22H28N6O4/c1-16(29)25-11-13-26(14-12-25)19-8-7-17(15-20(19)28(31)32)22(30)24-21-9-10-23-27(21)18-5-3-2-4-6-18/h7-10,15,18H,2-6,11-14H2,1H3,(H,24,30). The van der Waals surface area contributed by atoms with Crippen LogP contribution >= 0.6 is 0 Å². The second-order valence-corrected chi connectivity index (χ2v) is 8.36. The number of rotatable bonds is 5. The minimum absolute atomic E-state index is 0.00126. The fourth-order valence-corrected chi connectivity index (χ4v) is 4.56. The van der Waals surface area contributed by atoms with Gasteiger partial charge in [0.25, 0.3) is 11.6 Å². The van der Waals surface area contributed by atoms with Crippen LogP contribution in [0.5, 0.6) is 0 Å². The number of amides is 2. The number of nitrogens with zero attached hydrogens (tertiary/aromatic N) is 5. The summed E-state index contributed by atoms with van der Waals surface area (Å²) in [4.78, 5) is 39.3. The fourth-order valence-electron chi connectivity index (χ4n) is 4.56. The van der Waals surface area contributed by atoms with Crippen molar-refractivity contribution in [3.63, 3.8) is 0 Å². The molecule has 0 bridgehead atoms. The summed E-state index contributed by atoms with van der Waals surface area (Å²) >= 11 is 0. The van der Waals surface area contributed by atoms with Crippen LogP contribution in [0.15, 0.2) is 30.5 Å². The Morgan fingerprint density at radius 1 is 1.09 bits per heavy atom. The molecular weight excluding hydrogens is 412 g/mol. The summed E-state index contributed by atoms with van der Waals surface area (Å²) in [6, 6.07) is 6.57. The predicted octanol–water partition coefficient (Wildman–Crippen LogP) is 3.22. The van der Waals surface area contributed by atoms with E-state index in [0.717, 1.165) is 25.7 Å². The highest BCUT2D eigenvalue weighted by molar-refractivity contribution is 6.04. The third kappa shape index (κ3) is 4.58. The zero-order valence-corrected chi connectivity index (χ0v) is 18.2. The molecular formula is C22H28N6O4. The Morgan fingerprint density at radius 3 is 2.47 bits per heavy atom. The van der Waals surface area contributed by atoms with Gasteiger partial charge >= 0.3 is 0 Å². The van der Waals surface area contributed by atoms with Crippen molar-refractivity contribution in [1.29, 1.82) is 0 Å². The number of hydrogen-bond acceptors (Lipinski definition) is 6.